The summed E-state index contributed by atoms with van der Waals surface area (Å²) in [7, 11) is 1.65. The van der Waals surface area contributed by atoms with Crippen molar-refractivity contribution < 1.29 is 14.3 Å². The highest BCUT2D eigenvalue weighted by molar-refractivity contribution is 5.34. The third kappa shape index (κ3) is 3.11. The van der Waals surface area contributed by atoms with Gasteiger partial charge in [-0.2, -0.15) is 0 Å². The molecule has 4 heteroatoms. The van der Waals surface area contributed by atoms with Gasteiger partial charge in [0.2, 0.25) is 0 Å². The van der Waals surface area contributed by atoms with Crippen molar-refractivity contribution in [3.05, 3.63) is 47.7 Å². The molecule has 0 amide bonds. The number of rotatable bonds is 5. The maximum absolute atomic E-state index is 9.28. The minimum Gasteiger partial charge on any atom is -0.496 e. The second kappa shape index (κ2) is 5.69. The molecular formula is C14H17NO3. The number of methoxy groups -OCH3 is 1. The Morgan fingerprint density at radius 1 is 1.39 bits per heavy atom. The zero-order valence-corrected chi connectivity index (χ0v) is 10.6. The Labute approximate surface area is 106 Å². The average molecular weight is 247 g/mol. The van der Waals surface area contributed by atoms with Crippen molar-refractivity contribution in [1.29, 1.82) is 0 Å². The Kier molecular flexibility index (Phi) is 3.99. The molecule has 0 radical (unpaired) electrons. The van der Waals surface area contributed by atoms with E-state index in [1.807, 2.05) is 24.3 Å². The minimum atomic E-state index is -0.419. The lowest BCUT2D eigenvalue weighted by Gasteiger charge is -2.05. The van der Waals surface area contributed by atoms with Crippen molar-refractivity contribution in [3.63, 3.8) is 0 Å². The van der Waals surface area contributed by atoms with Gasteiger partial charge in [-0.05, 0) is 13.0 Å². The quantitative estimate of drug-likeness (QED) is 0.880. The van der Waals surface area contributed by atoms with Crippen LogP contribution in [0.25, 0.3) is 0 Å². The number of hydrogen-bond acceptors (Lipinski definition) is 4. The molecule has 96 valence electrons. The summed E-state index contributed by atoms with van der Waals surface area (Å²) < 4.78 is 10.9. The zero-order valence-electron chi connectivity index (χ0n) is 10.6. The Bertz CT molecular complexity index is 505. The molecule has 1 N–H and O–H groups in total. The fraction of sp³-hybridized carbons (Fsp3) is 0.357. The third-order valence-electron chi connectivity index (χ3n) is 2.63. The van der Waals surface area contributed by atoms with E-state index >= 15 is 0 Å². The van der Waals surface area contributed by atoms with Crippen LogP contribution in [0.1, 0.15) is 24.1 Å². The van der Waals surface area contributed by atoms with Crippen LogP contribution >= 0.6 is 0 Å². The number of aromatic nitrogens is 1. The molecule has 1 unspecified atom stereocenters. The molecule has 0 aliphatic rings. The molecule has 0 saturated carbocycles. The maximum atomic E-state index is 9.28. The third-order valence-corrected chi connectivity index (χ3v) is 2.63. The van der Waals surface area contributed by atoms with Crippen LogP contribution in [-0.2, 0) is 12.8 Å². The van der Waals surface area contributed by atoms with Crippen LogP contribution in [0.15, 0.2) is 34.9 Å². The first-order chi connectivity index (χ1) is 8.69. The van der Waals surface area contributed by atoms with Crippen LogP contribution in [0, 0.1) is 0 Å². The molecule has 2 rings (SSSR count). The van der Waals surface area contributed by atoms with Gasteiger partial charge in [0, 0.05) is 12.0 Å². The monoisotopic (exact) mass is 247 g/mol. The van der Waals surface area contributed by atoms with Crippen LogP contribution in [0.3, 0.4) is 0 Å². The number of hydrogen-bond donors (Lipinski definition) is 1. The molecule has 1 aromatic carbocycles. The van der Waals surface area contributed by atoms with Crippen LogP contribution in [0.4, 0.5) is 0 Å². The topological polar surface area (TPSA) is 55.5 Å². The SMILES string of the molecule is COc1ccccc1Cc1ncc(CC(C)O)o1. The summed E-state index contributed by atoms with van der Waals surface area (Å²) in [6.07, 6.45) is 2.32. The predicted octanol–water partition coefficient (Wildman–Crippen LogP) is 2.20. The second-order valence-electron chi connectivity index (χ2n) is 4.26. The predicted molar refractivity (Wildman–Crippen MR) is 67.7 cm³/mol. The van der Waals surface area contributed by atoms with Crippen molar-refractivity contribution in [2.45, 2.75) is 25.9 Å². The van der Waals surface area contributed by atoms with E-state index in [4.69, 9.17) is 9.15 Å². The van der Waals surface area contributed by atoms with Gasteiger partial charge in [0.05, 0.1) is 25.8 Å². The van der Waals surface area contributed by atoms with E-state index in [-0.39, 0.29) is 0 Å². The summed E-state index contributed by atoms with van der Waals surface area (Å²) in [4.78, 5) is 4.21. The Balaban J connectivity index is 2.11. The molecular weight excluding hydrogens is 230 g/mol. The first-order valence-corrected chi connectivity index (χ1v) is 5.92. The largest absolute Gasteiger partial charge is 0.496 e. The van der Waals surface area contributed by atoms with Crippen LogP contribution in [0.2, 0.25) is 0 Å². The van der Waals surface area contributed by atoms with E-state index < -0.39 is 6.10 Å². The molecule has 0 saturated heterocycles. The summed E-state index contributed by atoms with van der Waals surface area (Å²) >= 11 is 0. The molecule has 18 heavy (non-hydrogen) atoms. The number of benzene rings is 1. The first kappa shape index (κ1) is 12.6. The number of para-hydroxylation sites is 1. The van der Waals surface area contributed by atoms with Gasteiger partial charge in [-0.3, -0.25) is 0 Å². The second-order valence-corrected chi connectivity index (χ2v) is 4.26. The minimum absolute atomic E-state index is 0.419. The fourth-order valence-corrected chi connectivity index (χ4v) is 1.83. The van der Waals surface area contributed by atoms with E-state index in [1.165, 1.54) is 0 Å². The van der Waals surface area contributed by atoms with Gasteiger partial charge in [0.1, 0.15) is 11.5 Å². The molecule has 1 aromatic heterocycles. The summed E-state index contributed by atoms with van der Waals surface area (Å²) in [5.74, 6) is 2.16. The molecule has 4 nitrogen and oxygen atoms in total. The van der Waals surface area contributed by atoms with Gasteiger partial charge < -0.3 is 14.3 Å². The number of nitrogens with zero attached hydrogens (tertiary/aromatic N) is 1. The van der Waals surface area contributed by atoms with Crippen molar-refractivity contribution in [2.24, 2.45) is 0 Å². The van der Waals surface area contributed by atoms with E-state index in [1.54, 1.807) is 20.2 Å². The van der Waals surface area contributed by atoms with Crippen molar-refractivity contribution in [2.75, 3.05) is 7.11 Å². The summed E-state index contributed by atoms with van der Waals surface area (Å²) in [5.41, 5.74) is 1.03. The van der Waals surface area contributed by atoms with Crippen molar-refractivity contribution >= 4 is 0 Å². The number of oxazole rings is 1. The van der Waals surface area contributed by atoms with E-state index in [0.717, 1.165) is 11.3 Å². The molecule has 1 heterocycles. The zero-order chi connectivity index (χ0) is 13.0. The standard InChI is InChI=1S/C14H17NO3/c1-10(16)7-12-9-15-14(18-12)8-11-5-3-4-6-13(11)17-2/h3-6,9-10,16H,7-8H2,1-2H3. The lowest BCUT2D eigenvalue weighted by molar-refractivity contribution is 0.186. The maximum Gasteiger partial charge on any atom is 0.198 e. The van der Waals surface area contributed by atoms with Gasteiger partial charge in [-0.1, -0.05) is 18.2 Å². The molecule has 0 aliphatic carbocycles. The molecule has 0 fully saturated rings. The van der Waals surface area contributed by atoms with Gasteiger partial charge in [0.25, 0.3) is 0 Å². The summed E-state index contributed by atoms with van der Waals surface area (Å²) in [5, 5.41) is 9.28. The number of aliphatic hydroxyl groups is 1. The lowest BCUT2D eigenvalue weighted by Crippen LogP contribution is -2.02. The van der Waals surface area contributed by atoms with Crippen LogP contribution < -0.4 is 4.74 Å². The lowest BCUT2D eigenvalue weighted by atomic mass is 10.1. The van der Waals surface area contributed by atoms with Gasteiger partial charge in [0.15, 0.2) is 5.89 Å². The first-order valence-electron chi connectivity index (χ1n) is 5.92. The van der Waals surface area contributed by atoms with Gasteiger partial charge in [-0.15, -0.1) is 0 Å². The Morgan fingerprint density at radius 2 is 2.17 bits per heavy atom. The molecule has 0 aliphatic heterocycles. The van der Waals surface area contributed by atoms with E-state index in [2.05, 4.69) is 4.98 Å². The smallest absolute Gasteiger partial charge is 0.198 e. The van der Waals surface area contributed by atoms with Gasteiger partial charge >= 0.3 is 0 Å². The summed E-state index contributed by atoms with van der Waals surface area (Å²) in [6.45, 7) is 1.72. The van der Waals surface area contributed by atoms with Crippen molar-refractivity contribution in [3.8, 4) is 5.75 Å². The van der Waals surface area contributed by atoms with Gasteiger partial charge in [-0.25, -0.2) is 4.98 Å². The highest BCUT2D eigenvalue weighted by Gasteiger charge is 2.09. The average Bonchev–Trinajstić information content (AvgIpc) is 2.76. The highest BCUT2D eigenvalue weighted by atomic mass is 16.5. The highest BCUT2D eigenvalue weighted by Crippen LogP contribution is 2.21. The van der Waals surface area contributed by atoms with Crippen LogP contribution in [0.5, 0.6) is 5.75 Å². The van der Waals surface area contributed by atoms with E-state index in [9.17, 15) is 5.11 Å². The van der Waals surface area contributed by atoms with E-state index in [0.29, 0.717) is 24.5 Å². The summed E-state index contributed by atoms with van der Waals surface area (Å²) in [6, 6.07) is 7.78. The fourth-order valence-electron chi connectivity index (χ4n) is 1.83. The number of ether oxygens (including phenoxy) is 1. The Morgan fingerprint density at radius 3 is 2.89 bits per heavy atom. The number of aliphatic hydroxyl groups excluding tert-OH is 1. The molecule has 2 aromatic rings. The molecule has 0 bridgehead atoms. The van der Waals surface area contributed by atoms with Crippen LogP contribution in [-0.4, -0.2) is 23.3 Å². The van der Waals surface area contributed by atoms with Crippen molar-refractivity contribution in [1.82, 2.24) is 4.98 Å². The molecule has 1 atom stereocenters. The molecule has 0 spiro atoms. The Hall–Kier alpha value is -1.81. The normalized spacial score (nSPS) is 12.4.